The summed E-state index contributed by atoms with van der Waals surface area (Å²) in [5.74, 6) is -1.37. The first kappa shape index (κ1) is 21.8. The Kier molecular flexibility index (Phi) is 5.59. The van der Waals surface area contributed by atoms with E-state index in [4.69, 9.17) is 0 Å². The molecule has 0 spiro atoms. The summed E-state index contributed by atoms with van der Waals surface area (Å²) >= 11 is 1.08. The number of hydrogen-bond acceptors (Lipinski definition) is 4. The third kappa shape index (κ3) is 4.77. The van der Waals surface area contributed by atoms with Crippen molar-refractivity contribution in [2.24, 2.45) is 4.99 Å². The number of rotatable bonds is 3. The van der Waals surface area contributed by atoms with Crippen LogP contribution >= 0.6 is 11.8 Å². The summed E-state index contributed by atoms with van der Waals surface area (Å²) in [6.45, 7) is 0. The van der Waals surface area contributed by atoms with E-state index in [2.05, 4.69) is 4.99 Å². The number of hydrogen-bond donors (Lipinski definition) is 0. The van der Waals surface area contributed by atoms with Gasteiger partial charge in [0.1, 0.15) is 5.82 Å². The molecule has 2 aliphatic heterocycles. The molecule has 164 valence electrons. The summed E-state index contributed by atoms with van der Waals surface area (Å²) in [5.41, 5.74) is -0.219. The van der Waals surface area contributed by atoms with Crippen molar-refractivity contribution in [1.82, 2.24) is 0 Å². The minimum absolute atomic E-state index is 0.117. The molecule has 2 aromatic carbocycles. The molecule has 4 rings (SSSR count). The largest absolute Gasteiger partial charge is 0.416 e. The van der Waals surface area contributed by atoms with Crippen LogP contribution in [0.3, 0.4) is 0 Å². The lowest BCUT2D eigenvalue weighted by molar-refractivity contribution is -0.137. The summed E-state index contributed by atoms with van der Waals surface area (Å²) in [5, 5.41) is -0.270. The fraction of sp³-hybridized carbons (Fsp3) is 0.300. The van der Waals surface area contributed by atoms with Crippen molar-refractivity contribution in [3.63, 3.8) is 0 Å². The van der Waals surface area contributed by atoms with Crippen LogP contribution in [0.15, 0.2) is 53.5 Å². The molecule has 0 bridgehead atoms. The van der Waals surface area contributed by atoms with Crippen LogP contribution in [0.4, 0.5) is 23.2 Å². The van der Waals surface area contributed by atoms with Gasteiger partial charge in [0.2, 0.25) is 0 Å². The number of alkyl halides is 3. The number of fused-ring (bicyclic) bond motifs is 1. The topological polar surface area (TPSA) is 66.8 Å². The third-order valence-electron chi connectivity index (χ3n) is 5.01. The lowest BCUT2D eigenvalue weighted by atomic mass is 10.1. The van der Waals surface area contributed by atoms with Crippen molar-refractivity contribution in [2.45, 2.75) is 23.9 Å². The van der Waals surface area contributed by atoms with Gasteiger partial charge in [-0.3, -0.25) is 4.79 Å². The predicted molar refractivity (Wildman–Crippen MR) is 110 cm³/mol. The lowest BCUT2D eigenvalue weighted by Gasteiger charge is -2.25. The van der Waals surface area contributed by atoms with Gasteiger partial charge in [0.05, 0.1) is 29.5 Å². The number of amidine groups is 1. The fourth-order valence-corrected chi connectivity index (χ4v) is 7.55. The molecule has 31 heavy (non-hydrogen) atoms. The van der Waals surface area contributed by atoms with Gasteiger partial charge < -0.3 is 4.90 Å². The number of thioether (sulfide) groups is 1. The molecule has 0 saturated carbocycles. The standard InChI is InChI=1S/C20H16F4N2O3S2/c21-14-6-4-12(5-7-14)8-18(27)25-19-26(16-10-31(28,29)11-17(16)30-19)15-3-1-2-13(9-15)20(22,23)24/h1-7,9,16-17H,8,10-11H2. The number of carbonyl (C=O) groups excluding carboxylic acids is 1. The van der Waals surface area contributed by atoms with Gasteiger partial charge in [0, 0.05) is 10.9 Å². The van der Waals surface area contributed by atoms with Gasteiger partial charge in [-0.1, -0.05) is 30.0 Å². The Labute approximate surface area is 180 Å². The highest BCUT2D eigenvalue weighted by Gasteiger charge is 2.49. The Morgan fingerprint density at radius 2 is 1.84 bits per heavy atom. The Morgan fingerprint density at radius 1 is 1.13 bits per heavy atom. The van der Waals surface area contributed by atoms with Crippen molar-refractivity contribution in [2.75, 3.05) is 16.4 Å². The van der Waals surface area contributed by atoms with Gasteiger partial charge in [-0.05, 0) is 35.9 Å². The summed E-state index contributed by atoms with van der Waals surface area (Å²) in [6, 6.07) is 9.22. The van der Waals surface area contributed by atoms with E-state index in [1.807, 2.05) is 0 Å². The Bertz CT molecular complexity index is 1150. The van der Waals surface area contributed by atoms with E-state index in [9.17, 15) is 30.8 Å². The maximum atomic E-state index is 13.2. The third-order valence-corrected chi connectivity index (χ3v) is 8.22. The van der Waals surface area contributed by atoms with Gasteiger partial charge in [-0.2, -0.15) is 18.2 Å². The van der Waals surface area contributed by atoms with Crippen molar-refractivity contribution in [1.29, 1.82) is 0 Å². The molecule has 0 aromatic heterocycles. The minimum Gasteiger partial charge on any atom is -0.316 e. The second kappa shape index (κ2) is 7.94. The average Bonchev–Trinajstić information content (AvgIpc) is 3.13. The van der Waals surface area contributed by atoms with Gasteiger partial charge in [-0.25, -0.2) is 12.8 Å². The van der Waals surface area contributed by atoms with Crippen LogP contribution < -0.4 is 4.90 Å². The van der Waals surface area contributed by atoms with E-state index in [0.29, 0.717) is 5.56 Å². The molecule has 2 saturated heterocycles. The molecule has 2 aromatic rings. The molecule has 2 fully saturated rings. The van der Waals surface area contributed by atoms with E-state index in [0.717, 1.165) is 23.9 Å². The maximum absolute atomic E-state index is 13.2. The summed E-state index contributed by atoms with van der Waals surface area (Å²) in [6.07, 6.45) is -4.69. The van der Waals surface area contributed by atoms with Crippen LogP contribution in [0.2, 0.25) is 0 Å². The van der Waals surface area contributed by atoms with E-state index < -0.39 is 44.6 Å². The number of sulfone groups is 1. The van der Waals surface area contributed by atoms with Crippen molar-refractivity contribution >= 4 is 38.4 Å². The molecule has 0 N–H and O–H groups in total. The Morgan fingerprint density at radius 3 is 2.52 bits per heavy atom. The summed E-state index contributed by atoms with van der Waals surface area (Å²) in [4.78, 5) is 18.0. The van der Waals surface area contributed by atoms with E-state index in [1.165, 1.54) is 41.3 Å². The molecule has 0 aliphatic carbocycles. The van der Waals surface area contributed by atoms with Crippen LogP contribution in [-0.4, -0.2) is 42.3 Å². The molecule has 2 unspecified atom stereocenters. The van der Waals surface area contributed by atoms with Crippen LogP contribution in [-0.2, 0) is 27.2 Å². The number of anilines is 1. The average molecular weight is 472 g/mol. The molecular weight excluding hydrogens is 456 g/mol. The van der Waals surface area contributed by atoms with Crippen LogP contribution in [0.5, 0.6) is 0 Å². The molecule has 2 aliphatic rings. The number of benzene rings is 2. The second-order valence-electron chi connectivity index (χ2n) is 7.31. The number of halogens is 4. The van der Waals surface area contributed by atoms with Gasteiger partial charge in [0.15, 0.2) is 15.0 Å². The predicted octanol–water partition coefficient (Wildman–Crippen LogP) is 3.69. The fourth-order valence-electron chi connectivity index (χ4n) is 3.62. The van der Waals surface area contributed by atoms with Crippen LogP contribution in [0.1, 0.15) is 11.1 Å². The van der Waals surface area contributed by atoms with Crippen LogP contribution in [0.25, 0.3) is 0 Å². The normalized spacial score (nSPS) is 23.9. The lowest BCUT2D eigenvalue weighted by Crippen LogP contribution is -2.38. The molecule has 2 heterocycles. The Balaban J connectivity index is 1.67. The second-order valence-corrected chi connectivity index (χ2v) is 10.7. The molecule has 1 amide bonds. The first-order chi connectivity index (χ1) is 14.5. The molecule has 5 nitrogen and oxygen atoms in total. The zero-order valence-electron chi connectivity index (χ0n) is 15.8. The SMILES string of the molecule is O=C(Cc1ccc(F)cc1)N=C1SC2CS(=O)(=O)CC2N1c1cccc(C(F)(F)F)c1. The van der Waals surface area contributed by atoms with Gasteiger partial charge >= 0.3 is 6.18 Å². The first-order valence-corrected chi connectivity index (χ1v) is 11.9. The number of aliphatic imine (C=N–C) groups is 1. The monoisotopic (exact) mass is 472 g/mol. The van der Waals surface area contributed by atoms with E-state index in [1.54, 1.807) is 0 Å². The van der Waals surface area contributed by atoms with Crippen LogP contribution in [0, 0.1) is 5.82 Å². The molecular formula is C20H16F4N2O3S2. The van der Waals surface area contributed by atoms with Gasteiger partial charge in [-0.15, -0.1) is 0 Å². The smallest absolute Gasteiger partial charge is 0.316 e. The van der Waals surface area contributed by atoms with E-state index in [-0.39, 0.29) is 28.8 Å². The number of carbonyl (C=O) groups is 1. The van der Waals surface area contributed by atoms with Crippen molar-refractivity contribution in [3.8, 4) is 0 Å². The summed E-state index contributed by atoms with van der Waals surface area (Å²) in [7, 11) is -3.35. The molecule has 11 heteroatoms. The molecule has 2 atom stereocenters. The highest BCUT2D eigenvalue weighted by atomic mass is 32.2. The Hall–Kier alpha value is -2.40. The van der Waals surface area contributed by atoms with Crippen molar-refractivity contribution in [3.05, 3.63) is 65.5 Å². The van der Waals surface area contributed by atoms with Crippen molar-refractivity contribution < 1.29 is 30.8 Å². The minimum atomic E-state index is -4.57. The quantitative estimate of drug-likeness (QED) is 0.638. The first-order valence-electron chi connectivity index (χ1n) is 9.21. The van der Waals surface area contributed by atoms with Gasteiger partial charge in [0.25, 0.3) is 5.91 Å². The molecule has 0 radical (unpaired) electrons. The van der Waals surface area contributed by atoms with E-state index >= 15 is 0 Å². The zero-order valence-corrected chi connectivity index (χ0v) is 17.5. The highest BCUT2D eigenvalue weighted by Crippen LogP contribution is 2.42. The summed E-state index contributed by atoms with van der Waals surface area (Å²) < 4.78 is 76.8. The number of amides is 1. The number of nitrogens with zero attached hydrogens (tertiary/aromatic N) is 2. The maximum Gasteiger partial charge on any atom is 0.416 e. The zero-order chi connectivity index (χ0) is 22.4. The highest BCUT2D eigenvalue weighted by molar-refractivity contribution is 8.16.